The number of quaternary nitrogens is 1. The van der Waals surface area contributed by atoms with Crippen LogP contribution in [0.5, 0.6) is 0 Å². The Morgan fingerprint density at radius 1 is 1.13 bits per heavy atom. The van der Waals surface area contributed by atoms with E-state index in [-0.39, 0.29) is 0 Å². The van der Waals surface area contributed by atoms with E-state index in [0.717, 1.165) is 11.0 Å². The van der Waals surface area contributed by atoms with Crippen LogP contribution in [0, 0.1) is 0 Å². The van der Waals surface area contributed by atoms with Crippen LogP contribution in [0.1, 0.15) is 13.8 Å². The van der Waals surface area contributed by atoms with Gasteiger partial charge < -0.3 is 4.48 Å². The number of nitrogens with zero attached hydrogens (tertiary/aromatic N) is 1. The zero-order valence-electron chi connectivity index (χ0n) is 10.4. The first-order chi connectivity index (χ1) is 6.83. The fraction of sp³-hybridized carbons (Fsp3) is 1.00. The van der Waals surface area contributed by atoms with E-state index in [2.05, 4.69) is 0 Å². The highest BCUT2D eigenvalue weighted by atomic mass is 31.2. The van der Waals surface area contributed by atoms with Crippen LogP contribution in [-0.4, -0.2) is 52.0 Å². The Morgan fingerprint density at radius 3 is 1.93 bits per heavy atom. The number of phosphoric acid groups is 1. The van der Waals surface area contributed by atoms with E-state index in [0.29, 0.717) is 19.8 Å². The van der Waals surface area contributed by atoms with Crippen molar-refractivity contribution in [2.45, 2.75) is 13.8 Å². The summed E-state index contributed by atoms with van der Waals surface area (Å²) in [6, 6.07) is 0. The van der Waals surface area contributed by atoms with Crippen molar-refractivity contribution in [1.29, 1.82) is 0 Å². The molecule has 0 saturated heterocycles. The van der Waals surface area contributed by atoms with Gasteiger partial charge in [-0.3, -0.25) is 13.6 Å². The SMILES string of the molecule is CCOP(=O)(OCC)[18O]CC[15N+](C)(C)C. The number of hydrogen-bond donors (Lipinski definition) is 0. The van der Waals surface area contributed by atoms with E-state index in [1.54, 1.807) is 13.8 Å². The number of rotatable bonds is 8. The van der Waals surface area contributed by atoms with Crippen molar-refractivity contribution in [2.24, 2.45) is 0 Å². The second-order valence-electron chi connectivity index (χ2n) is 4.13. The fourth-order valence-electron chi connectivity index (χ4n) is 0.855. The average Bonchev–Trinajstić information content (AvgIpc) is 2.01. The van der Waals surface area contributed by atoms with E-state index >= 15 is 0 Å². The molecule has 0 aromatic heterocycles. The Bertz CT molecular complexity index is 205. The van der Waals surface area contributed by atoms with Crippen molar-refractivity contribution in [1.82, 2.24) is 0 Å². The molecule has 0 N–H and O–H groups in total. The summed E-state index contributed by atoms with van der Waals surface area (Å²) in [7, 11) is 2.80. The first-order valence-electron chi connectivity index (χ1n) is 5.17. The van der Waals surface area contributed by atoms with Crippen LogP contribution >= 0.6 is 7.82 Å². The normalized spacial score (nSPS) is 13.1. The van der Waals surface area contributed by atoms with Crippen LogP contribution in [0.4, 0.5) is 0 Å². The minimum Gasteiger partial charge on any atom is -0.329 e. The molecule has 0 bridgehead atoms. The molecule has 0 radical (unpaired) electrons. The lowest BCUT2D eigenvalue weighted by molar-refractivity contribution is -0.870. The lowest BCUT2D eigenvalue weighted by Crippen LogP contribution is -2.37. The Kier molecular flexibility index (Phi) is 6.64. The molecule has 0 unspecified atom stereocenters. The Hall–Kier alpha value is 0.0700. The van der Waals surface area contributed by atoms with Gasteiger partial charge in [0.15, 0.2) is 0 Å². The lowest BCUT2D eigenvalue weighted by Gasteiger charge is -2.24. The van der Waals surface area contributed by atoms with Gasteiger partial charge in [0.05, 0.1) is 34.4 Å². The molecule has 0 rings (SSSR count). The van der Waals surface area contributed by atoms with E-state index in [4.69, 9.17) is 13.6 Å². The van der Waals surface area contributed by atoms with Gasteiger partial charge in [0.25, 0.3) is 0 Å². The first kappa shape index (κ1) is 15.1. The maximum Gasteiger partial charge on any atom is 0.474 e. The maximum atomic E-state index is 11.8. The predicted octanol–water partition coefficient (Wildman–Crippen LogP) is 1.89. The van der Waals surface area contributed by atoms with E-state index in [1.807, 2.05) is 21.1 Å². The number of likely N-dealkylation sites (N-methyl/N-ethyl adjacent to an activating group) is 1. The monoisotopic (exact) mass is 243 g/mol. The van der Waals surface area contributed by atoms with Gasteiger partial charge in [-0.05, 0) is 13.8 Å². The van der Waals surface area contributed by atoms with Crippen LogP contribution in [0.3, 0.4) is 0 Å². The highest BCUT2D eigenvalue weighted by molar-refractivity contribution is 7.48. The van der Waals surface area contributed by atoms with E-state index in [1.165, 1.54) is 0 Å². The van der Waals surface area contributed by atoms with Crippen LogP contribution in [0.2, 0.25) is 0 Å². The predicted molar refractivity (Wildman–Crippen MR) is 59.7 cm³/mol. The Balaban J connectivity index is 4.02. The van der Waals surface area contributed by atoms with Crippen molar-refractivity contribution < 1.29 is 22.6 Å². The summed E-state index contributed by atoms with van der Waals surface area (Å²) in [5.74, 6) is 0. The summed E-state index contributed by atoms with van der Waals surface area (Å²) in [6.45, 7) is 5.28. The summed E-state index contributed by atoms with van der Waals surface area (Å²) < 4.78 is 27.7. The molecule has 0 aliphatic rings. The van der Waals surface area contributed by atoms with Crippen LogP contribution in [-0.2, 0) is 18.1 Å². The highest BCUT2D eigenvalue weighted by Gasteiger charge is 2.26. The molecule has 0 heterocycles. The standard InChI is InChI=1S/C9H23NO4P/c1-6-12-15(11,13-7-2)14-9-8-10(3,4)5/h6-9H2,1-5H3/q+1/i10+1,14+2. The molecule has 6 heteroatoms. The van der Waals surface area contributed by atoms with Gasteiger partial charge in [-0.15, -0.1) is 0 Å². The molecule has 0 atom stereocenters. The second-order valence-corrected chi connectivity index (χ2v) is 5.80. The summed E-state index contributed by atoms with van der Waals surface area (Å²) in [5, 5.41) is 0. The second kappa shape index (κ2) is 6.61. The van der Waals surface area contributed by atoms with Crippen LogP contribution < -0.4 is 0 Å². The number of phosphoric ester groups is 1. The van der Waals surface area contributed by atoms with Crippen molar-refractivity contribution in [3.8, 4) is 0 Å². The van der Waals surface area contributed by atoms with Gasteiger partial charge in [0, 0.05) is 0 Å². The molecule has 0 saturated carbocycles. The molecular formula is C9H23NO4P+. The van der Waals surface area contributed by atoms with Gasteiger partial charge in [0.2, 0.25) is 0 Å². The third-order valence-electron chi connectivity index (χ3n) is 1.59. The minimum atomic E-state index is -3.32. The van der Waals surface area contributed by atoms with Crippen molar-refractivity contribution in [2.75, 3.05) is 47.5 Å². The third-order valence-corrected chi connectivity index (χ3v) is 3.23. The van der Waals surface area contributed by atoms with Gasteiger partial charge >= 0.3 is 7.82 Å². The lowest BCUT2D eigenvalue weighted by atomic mass is 10.7. The van der Waals surface area contributed by atoms with Gasteiger partial charge in [-0.1, -0.05) is 0 Å². The summed E-state index contributed by atoms with van der Waals surface area (Å²) in [6.07, 6.45) is 0. The summed E-state index contributed by atoms with van der Waals surface area (Å²) >= 11 is 0. The Labute approximate surface area is 92.5 Å². The Morgan fingerprint density at radius 2 is 1.60 bits per heavy atom. The van der Waals surface area contributed by atoms with E-state index in [9.17, 15) is 4.57 Å². The zero-order valence-corrected chi connectivity index (χ0v) is 11.3. The van der Waals surface area contributed by atoms with Crippen molar-refractivity contribution >= 4 is 7.82 Å². The molecule has 0 spiro atoms. The molecule has 0 amide bonds. The summed E-state index contributed by atoms with van der Waals surface area (Å²) in [4.78, 5) is 0. The van der Waals surface area contributed by atoms with Crippen LogP contribution in [0.25, 0.3) is 0 Å². The highest BCUT2D eigenvalue weighted by Crippen LogP contribution is 2.48. The molecule has 92 valence electrons. The van der Waals surface area contributed by atoms with Gasteiger partial charge in [-0.25, -0.2) is 4.57 Å². The van der Waals surface area contributed by atoms with Gasteiger partial charge in [-0.2, -0.15) is 0 Å². The maximum absolute atomic E-state index is 11.8. The number of hydrogen-bond acceptors (Lipinski definition) is 4. The van der Waals surface area contributed by atoms with Gasteiger partial charge in [0.1, 0.15) is 13.2 Å². The quantitative estimate of drug-likeness (QED) is 0.282. The molecular weight excluding hydrogens is 220 g/mol. The fourth-order valence-corrected chi connectivity index (χ4v) is 2.02. The molecule has 15 heavy (non-hydrogen) atoms. The minimum absolute atomic E-state index is 0.321. The molecule has 0 fully saturated rings. The molecule has 0 aliphatic carbocycles. The van der Waals surface area contributed by atoms with Crippen LogP contribution in [0.15, 0.2) is 0 Å². The molecule has 0 aromatic rings. The third kappa shape index (κ3) is 7.94. The summed E-state index contributed by atoms with van der Waals surface area (Å²) in [5.41, 5.74) is 0. The largest absolute Gasteiger partial charge is 0.474 e. The smallest absolute Gasteiger partial charge is 0.329 e. The molecule has 0 aromatic carbocycles. The topological polar surface area (TPSA) is 44.8 Å². The molecule has 5 nitrogen and oxygen atoms in total. The van der Waals surface area contributed by atoms with Crippen molar-refractivity contribution in [3.63, 3.8) is 0 Å². The van der Waals surface area contributed by atoms with E-state index < -0.39 is 7.82 Å². The average molecular weight is 243 g/mol. The van der Waals surface area contributed by atoms with Crippen molar-refractivity contribution in [3.05, 3.63) is 0 Å². The first-order valence-corrected chi connectivity index (χ1v) is 6.63. The zero-order chi connectivity index (χ0) is 11.9. The molecule has 0 aliphatic heterocycles.